The van der Waals surface area contributed by atoms with Gasteiger partial charge in [0, 0.05) is 11.5 Å². The third-order valence-corrected chi connectivity index (χ3v) is 5.50. The normalized spacial score (nSPS) is 12.7. The molecule has 0 amide bonds. The molecule has 3 aromatic rings. The number of benzene rings is 3. The number of esters is 1. The molecule has 0 heterocycles. The van der Waals surface area contributed by atoms with Gasteiger partial charge in [-0.2, -0.15) is 0 Å². The van der Waals surface area contributed by atoms with Crippen molar-refractivity contribution in [3.63, 3.8) is 0 Å². The molecule has 0 aliphatic heterocycles. The van der Waals surface area contributed by atoms with Gasteiger partial charge in [0.2, 0.25) is 0 Å². The van der Waals surface area contributed by atoms with Crippen molar-refractivity contribution in [2.75, 3.05) is 6.61 Å². The molecule has 0 aliphatic carbocycles. The Hall–Kier alpha value is -3.13. The van der Waals surface area contributed by atoms with Crippen molar-refractivity contribution in [1.82, 2.24) is 0 Å². The van der Waals surface area contributed by atoms with Crippen LogP contribution in [0.2, 0.25) is 0 Å². The minimum atomic E-state index is -0.323. The first-order valence-electron chi connectivity index (χ1n) is 10.6. The van der Waals surface area contributed by atoms with Crippen LogP contribution in [0, 0.1) is 0 Å². The highest BCUT2D eigenvalue weighted by atomic mass is 16.5. The molecule has 0 N–H and O–H groups in total. The molecule has 0 radical (unpaired) electrons. The molecule has 0 saturated carbocycles. The topological polar surface area (TPSA) is 26.3 Å². The highest BCUT2D eigenvalue weighted by Gasteiger charge is 2.21. The Bertz CT molecular complexity index is 917. The van der Waals surface area contributed by atoms with Crippen LogP contribution in [0.4, 0.5) is 0 Å². The molecule has 2 unspecified atom stereocenters. The molecule has 2 atom stereocenters. The third kappa shape index (κ3) is 6.45. The fraction of sp³-hybridized carbons (Fsp3) is 0.250. The molecule has 0 aromatic heterocycles. The molecule has 0 fully saturated rings. The van der Waals surface area contributed by atoms with Crippen molar-refractivity contribution in [2.24, 2.45) is 0 Å². The highest BCUT2D eigenvalue weighted by Crippen LogP contribution is 2.33. The van der Waals surface area contributed by atoms with Crippen molar-refractivity contribution < 1.29 is 9.53 Å². The summed E-state index contributed by atoms with van der Waals surface area (Å²) in [7, 11) is 0. The number of aryl methyl sites for hydroxylation is 1. The Kier molecular flexibility index (Phi) is 8.02. The largest absolute Gasteiger partial charge is 0.462 e. The minimum Gasteiger partial charge on any atom is -0.462 e. The van der Waals surface area contributed by atoms with Crippen molar-refractivity contribution in [2.45, 2.75) is 38.0 Å². The van der Waals surface area contributed by atoms with Crippen LogP contribution >= 0.6 is 0 Å². The first-order chi connectivity index (χ1) is 14.6. The van der Waals surface area contributed by atoms with Crippen LogP contribution in [0.25, 0.3) is 0 Å². The van der Waals surface area contributed by atoms with E-state index in [1.54, 1.807) is 6.92 Å². The number of hydrogen-bond acceptors (Lipinski definition) is 2. The van der Waals surface area contributed by atoms with Gasteiger partial charge in [-0.3, -0.25) is 0 Å². The van der Waals surface area contributed by atoms with E-state index in [4.69, 9.17) is 4.74 Å². The van der Waals surface area contributed by atoms with Crippen molar-refractivity contribution in [1.29, 1.82) is 0 Å². The molecule has 3 aromatic carbocycles. The summed E-state index contributed by atoms with van der Waals surface area (Å²) in [5.41, 5.74) is 4.32. The predicted octanol–water partition coefficient (Wildman–Crippen LogP) is 6.70. The van der Waals surface area contributed by atoms with Gasteiger partial charge in [0.25, 0.3) is 0 Å². The summed E-state index contributed by atoms with van der Waals surface area (Å²) in [5.74, 6) is 0.187. The van der Waals surface area contributed by atoms with Crippen molar-refractivity contribution in [3.8, 4) is 0 Å². The minimum absolute atomic E-state index is 0.135. The predicted molar refractivity (Wildman–Crippen MR) is 124 cm³/mol. The first kappa shape index (κ1) is 21.6. The maximum atomic E-state index is 12.0. The van der Waals surface area contributed by atoms with E-state index >= 15 is 0 Å². The second kappa shape index (κ2) is 11.2. The van der Waals surface area contributed by atoms with E-state index in [0.29, 0.717) is 18.1 Å². The van der Waals surface area contributed by atoms with E-state index in [2.05, 4.69) is 79.4 Å². The molecular weight excluding hydrogens is 368 g/mol. The summed E-state index contributed by atoms with van der Waals surface area (Å²) in [4.78, 5) is 12.0. The summed E-state index contributed by atoms with van der Waals surface area (Å²) >= 11 is 0. The molecule has 2 heteroatoms. The van der Waals surface area contributed by atoms with Gasteiger partial charge in [-0.25, -0.2) is 4.79 Å². The molecule has 30 heavy (non-hydrogen) atoms. The average molecular weight is 399 g/mol. The summed E-state index contributed by atoms with van der Waals surface area (Å²) in [6.45, 7) is 5.76. The molecule has 0 bridgehead atoms. The fourth-order valence-corrected chi connectivity index (χ4v) is 3.80. The first-order valence-corrected chi connectivity index (χ1v) is 10.6. The molecule has 154 valence electrons. The zero-order valence-corrected chi connectivity index (χ0v) is 17.7. The van der Waals surface area contributed by atoms with Crippen molar-refractivity contribution in [3.05, 3.63) is 120 Å². The average Bonchev–Trinajstić information content (AvgIpc) is 2.80. The van der Waals surface area contributed by atoms with Crippen LogP contribution in [0.3, 0.4) is 0 Å². The summed E-state index contributed by atoms with van der Waals surface area (Å²) < 4.78 is 5.58. The van der Waals surface area contributed by atoms with E-state index < -0.39 is 0 Å². The van der Waals surface area contributed by atoms with E-state index in [0.717, 1.165) is 19.3 Å². The van der Waals surface area contributed by atoms with E-state index in [-0.39, 0.29) is 11.9 Å². The van der Waals surface area contributed by atoms with E-state index in [1.807, 2.05) is 18.2 Å². The zero-order valence-electron chi connectivity index (χ0n) is 17.7. The SMILES string of the molecule is C=C(C)C(=O)OCC(CC(CCc1ccccc1)c1ccccc1)c1ccccc1. The van der Waals surface area contributed by atoms with Gasteiger partial charge < -0.3 is 4.74 Å². The van der Waals surface area contributed by atoms with Crippen LogP contribution in [-0.2, 0) is 16.0 Å². The highest BCUT2D eigenvalue weighted by molar-refractivity contribution is 5.86. The Morgan fingerprint density at radius 1 is 0.800 bits per heavy atom. The number of carbonyl (C=O) groups excluding carboxylic acids is 1. The fourth-order valence-electron chi connectivity index (χ4n) is 3.80. The quantitative estimate of drug-likeness (QED) is 0.281. The smallest absolute Gasteiger partial charge is 0.333 e. The second-order valence-electron chi connectivity index (χ2n) is 7.85. The lowest BCUT2D eigenvalue weighted by atomic mass is 9.82. The summed E-state index contributed by atoms with van der Waals surface area (Å²) in [6, 6.07) is 31.6. The molecular formula is C28H30O2. The lowest BCUT2D eigenvalue weighted by Crippen LogP contribution is -2.16. The monoisotopic (exact) mass is 398 g/mol. The number of rotatable bonds is 10. The summed E-state index contributed by atoms with van der Waals surface area (Å²) in [6.07, 6.45) is 2.99. The molecule has 0 spiro atoms. The molecule has 0 aliphatic rings. The zero-order chi connectivity index (χ0) is 21.2. The van der Waals surface area contributed by atoms with Crippen LogP contribution in [0.15, 0.2) is 103 Å². The number of ether oxygens (including phenoxy) is 1. The van der Waals surface area contributed by atoms with Gasteiger partial charge in [0.05, 0.1) is 6.61 Å². The molecule has 3 rings (SSSR count). The molecule has 0 saturated heterocycles. The number of carbonyl (C=O) groups is 1. The van der Waals surface area contributed by atoms with Crippen molar-refractivity contribution >= 4 is 5.97 Å². The maximum absolute atomic E-state index is 12.0. The maximum Gasteiger partial charge on any atom is 0.333 e. The molecule has 2 nitrogen and oxygen atoms in total. The second-order valence-corrected chi connectivity index (χ2v) is 7.85. The standard InChI is InChI=1S/C28H30O2/c1-22(2)28(29)30-21-27(25-16-10-5-11-17-25)20-26(24-14-8-4-9-15-24)19-18-23-12-6-3-7-13-23/h3-17,26-27H,1,18-21H2,2H3. The Labute approximate surface area is 180 Å². The number of hydrogen-bond donors (Lipinski definition) is 0. The van der Waals surface area contributed by atoms with Crippen LogP contribution in [0.5, 0.6) is 0 Å². The third-order valence-electron chi connectivity index (χ3n) is 5.50. The van der Waals surface area contributed by atoms with Gasteiger partial charge >= 0.3 is 5.97 Å². The van der Waals surface area contributed by atoms with Gasteiger partial charge in [0.15, 0.2) is 0 Å². The Morgan fingerprint density at radius 2 is 1.30 bits per heavy atom. The Balaban J connectivity index is 1.79. The van der Waals surface area contributed by atoms with Crippen LogP contribution in [0.1, 0.15) is 48.3 Å². The van der Waals surface area contributed by atoms with Crippen LogP contribution in [-0.4, -0.2) is 12.6 Å². The van der Waals surface area contributed by atoms with E-state index in [9.17, 15) is 4.79 Å². The van der Waals surface area contributed by atoms with Crippen LogP contribution < -0.4 is 0 Å². The lowest BCUT2D eigenvalue weighted by Gasteiger charge is -2.25. The van der Waals surface area contributed by atoms with Gasteiger partial charge in [-0.15, -0.1) is 0 Å². The Morgan fingerprint density at radius 3 is 1.83 bits per heavy atom. The van der Waals surface area contributed by atoms with E-state index in [1.165, 1.54) is 16.7 Å². The van der Waals surface area contributed by atoms with Gasteiger partial charge in [-0.05, 0) is 48.8 Å². The van der Waals surface area contributed by atoms with Gasteiger partial charge in [0.1, 0.15) is 0 Å². The summed E-state index contributed by atoms with van der Waals surface area (Å²) in [5, 5.41) is 0. The lowest BCUT2D eigenvalue weighted by molar-refractivity contribution is -0.139. The van der Waals surface area contributed by atoms with Gasteiger partial charge in [-0.1, -0.05) is 97.6 Å².